The summed E-state index contributed by atoms with van der Waals surface area (Å²) >= 11 is 0. The molecule has 3 aliphatic heterocycles. The number of fused-ring (bicyclic) bond motifs is 1. The van der Waals surface area contributed by atoms with E-state index >= 15 is 0 Å². The van der Waals surface area contributed by atoms with Crippen LogP contribution in [0.4, 0.5) is 0 Å². The number of hydrogen-bond donors (Lipinski definition) is 0. The van der Waals surface area contributed by atoms with Crippen LogP contribution in [0.15, 0.2) is 6.20 Å². The second-order valence-corrected chi connectivity index (χ2v) is 6.59. The van der Waals surface area contributed by atoms with Crippen LogP contribution in [0.3, 0.4) is 0 Å². The lowest BCUT2D eigenvalue weighted by atomic mass is 10.2. The minimum absolute atomic E-state index is 0.146. The Bertz CT molecular complexity index is 544. The number of rotatable bonds is 3. The average Bonchev–Trinajstić information content (AvgIpc) is 3.27. The van der Waals surface area contributed by atoms with Gasteiger partial charge >= 0.3 is 0 Å². The molecule has 4 rings (SSSR count). The maximum atomic E-state index is 12.5. The van der Waals surface area contributed by atoms with Gasteiger partial charge in [0, 0.05) is 32.4 Å². The van der Waals surface area contributed by atoms with Crippen LogP contribution in [-0.2, 0) is 29.2 Å². The fraction of sp³-hybridized carbons (Fsp3) is 0.750. The zero-order valence-corrected chi connectivity index (χ0v) is 13.0. The average molecular weight is 304 g/mol. The molecule has 22 heavy (non-hydrogen) atoms. The monoisotopic (exact) mass is 304 g/mol. The summed E-state index contributed by atoms with van der Waals surface area (Å²) in [5.41, 5.74) is 1.14. The van der Waals surface area contributed by atoms with Crippen molar-refractivity contribution in [2.45, 2.75) is 51.4 Å². The van der Waals surface area contributed by atoms with Crippen LogP contribution in [0.1, 0.15) is 37.2 Å². The Balaban J connectivity index is 1.41. The predicted octanol–water partition coefficient (Wildman–Crippen LogP) is 1.00. The molecule has 0 spiro atoms. The molecule has 3 aliphatic rings. The van der Waals surface area contributed by atoms with E-state index < -0.39 is 0 Å². The smallest absolute Gasteiger partial charge is 0.252 e. The van der Waals surface area contributed by atoms with E-state index in [9.17, 15) is 4.79 Å². The number of likely N-dealkylation sites (tertiary alicyclic amines) is 1. The highest BCUT2D eigenvalue weighted by atomic mass is 16.5. The van der Waals surface area contributed by atoms with Gasteiger partial charge in [0.2, 0.25) is 0 Å². The van der Waals surface area contributed by atoms with E-state index in [2.05, 4.69) is 15.7 Å². The summed E-state index contributed by atoms with van der Waals surface area (Å²) in [6.07, 6.45) is 6.42. The van der Waals surface area contributed by atoms with Crippen molar-refractivity contribution in [1.29, 1.82) is 0 Å². The van der Waals surface area contributed by atoms with Gasteiger partial charge in [-0.05, 0) is 38.8 Å². The molecule has 1 atom stereocenters. The van der Waals surface area contributed by atoms with Crippen molar-refractivity contribution in [3.05, 3.63) is 17.7 Å². The van der Waals surface area contributed by atoms with Crippen molar-refractivity contribution >= 4 is 5.91 Å². The maximum absolute atomic E-state index is 12.5. The second kappa shape index (κ2) is 6.01. The lowest BCUT2D eigenvalue weighted by molar-refractivity contribution is -0.142. The van der Waals surface area contributed by atoms with Gasteiger partial charge in [0.05, 0.1) is 12.2 Å². The van der Waals surface area contributed by atoms with Crippen molar-refractivity contribution in [3.8, 4) is 0 Å². The van der Waals surface area contributed by atoms with Gasteiger partial charge < -0.3 is 14.2 Å². The molecule has 0 N–H and O–H groups in total. The molecule has 1 unspecified atom stereocenters. The van der Waals surface area contributed by atoms with Crippen molar-refractivity contribution in [1.82, 2.24) is 19.4 Å². The third-order valence-corrected chi connectivity index (χ3v) is 4.95. The topological polar surface area (TPSA) is 50.6 Å². The summed E-state index contributed by atoms with van der Waals surface area (Å²) in [4.78, 5) is 21.6. The highest BCUT2D eigenvalue weighted by Crippen LogP contribution is 2.20. The zero-order chi connectivity index (χ0) is 14.9. The molecule has 2 saturated heterocycles. The van der Waals surface area contributed by atoms with Crippen LogP contribution in [0.25, 0.3) is 0 Å². The van der Waals surface area contributed by atoms with E-state index in [1.165, 1.54) is 25.9 Å². The van der Waals surface area contributed by atoms with Gasteiger partial charge in [0.15, 0.2) is 0 Å². The zero-order valence-electron chi connectivity index (χ0n) is 13.0. The Morgan fingerprint density at radius 3 is 2.86 bits per heavy atom. The van der Waals surface area contributed by atoms with Crippen molar-refractivity contribution < 1.29 is 9.53 Å². The van der Waals surface area contributed by atoms with Gasteiger partial charge in [-0.1, -0.05) is 0 Å². The molecular weight excluding hydrogens is 280 g/mol. The number of carbonyl (C=O) groups excluding carboxylic acids is 1. The normalized spacial score (nSPS) is 25.6. The Hall–Kier alpha value is -1.40. The minimum atomic E-state index is -0.217. The van der Waals surface area contributed by atoms with Crippen LogP contribution in [0, 0.1) is 0 Å². The molecule has 6 heteroatoms. The second-order valence-electron chi connectivity index (χ2n) is 6.59. The molecule has 1 amide bonds. The Morgan fingerprint density at radius 2 is 2.09 bits per heavy atom. The molecule has 1 aromatic heterocycles. The summed E-state index contributed by atoms with van der Waals surface area (Å²) in [6.45, 7) is 6.28. The van der Waals surface area contributed by atoms with Crippen LogP contribution < -0.4 is 0 Å². The Kier molecular flexibility index (Phi) is 3.88. The van der Waals surface area contributed by atoms with Gasteiger partial charge in [0.1, 0.15) is 11.9 Å². The molecule has 4 heterocycles. The first-order valence-electron chi connectivity index (χ1n) is 8.47. The summed E-state index contributed by atoms with van der Waals surface area (Å²) < 4.78 is 7.74. The minimum Gasteiger partial charge on any atom is -0.368 e. The molecule has 2 fully saturated rings. The van der Waals surface area contributed by atoms with E-state index in [0.717, 1.165) is 50.6 Å². The van der Waals surface area contributed by atoms with E-state index in [1.54, 1.807) is 0 Å². The molecular formula is C16H24N4O2. The van der Waals surface area contributed by atoms with E-state index in [1.807, 2.05) is 4.90 Å². The van der Waals surface area contributed by atoms with E-state index in [0.29, 0.717) is 6.54 Å². The number of carbonyl (C=O) groups is 1. The van der Waals surface area contributed by atoms with Gasteiger partial charge in [-0.2, -0.15) is 0 Å². The summed E-state index contributed by atoms with van der Waals surface area (Å²) in [5, 5.41) is 0. The van der Waals surface area contributed by atoms with Crippen LogP contribution in [-0.4, -0.2) is 57.6 Å². The molecule has 6 nitrogen and oxygen atoms in total. The fourth-order valence-electron chi connectivity index (χ4n) is 3.72. The standard InChI is InChI=1S/C16H24N4O2/c21-16(14-4-3-9-22-14)20-8-7-19-11-13(17-15(19)12-20)10-18-5-1-2-6-18/h11,14H,1-10,12H2. The van der Waals surface area contributed by atoms with Crippen molar-refractivity contribution in [2.24, 2.45) is 0 Å². The number of nitrogens with zero attached hydrogens (tertiary/aromatic N) is 4. The number of aromatic nitrogens is 2. The summed E-state index contributed by atoms with van der Waals surface area (Å²) in [5.74, 6) is 1.17. The highest BCUT2D eigenvalue weighted by Gasteiger charge is 2.31. The summed E-state index contributed by atoms with van der Waals surface area (Å²) in [7, 11) is 0. The van der Waals surface area contributed by atoms with Gasteiger partial charge in [-0.3, -0.25) is 9.69 Å². The van der Waals surface area contributed by atoms with Crippen molar-refractivity contribution in [2.75, 3.05) is 26.2 Å². The first-order valence-corrected chi connectivity index (χ1v) is 8.47. The van der Waals surface area contributed by atoms with E-state index in [4.69, 9.17) is 9.72 Å². The predicted molar refractivity (Wildman–Crippen MR) is 81.1 cm³/mol. The van der Waals surface area contributed by atoms with Crippen LogP contribution >= 0.6 is 0 Å². The lowest BCUT2D eigenvalue weighted by Crippen LogP contribution is -2.43. The SMILES string of the molecule is O=C(C1CCCO1)N1CCn2cc(CN3CCCC3)nc2C1. The summed E-state index contributed by atoms with van der Waals surface area (Å²) in [6, 6.07) is 0. The Morgan fingerprint density at radius 1 is 1.23 bits per heavy atom. The quantitative estimate of drug-likeness (QED) is 0.836. The third kappa shape index (κ3) is 2.77. The lowest BCUT2D eigenvalue weighted by Gasteiger charge is -2.29. The largest absolute Gasteiger partial charge is 0.368 e. The fourth-order valence-corrected chi connectivity index (χ4v) is 3.72. The third-order valence-electron chi connectivity index (χ3n) is 4.95. The molecule has 120 valence electrons. The van der Waals surface area contributed by atoms with Crippen LogP contribution in [0.2, 0.25) is 0 Å². The molecule has 0 aliphatic carbocycles. The van der Waals surface area contributed by atoms with Gasteiger partial charge in [-0.25, -0.2) is 4.98 Å². The maximum Gasteiger partial charge on any atom is 0.252 e. The Labute approximate surface area is 131 Å². The van der Waals surface area contributed by atoms with Gasteiger partial charge in [0.25, 0.3) is 5.91 Å². The molecule has 0 aromatic carbocycles. The first-order chi connectivity index (χ1) is 10.8. The molecule has 0 saturated carbocycles. The number of amides is 1. The van der Waals surface area contributed by atoms with E-state index in [-0.39, 0.29) is 12.0 Å². The van der Waals surface area contributed by atoms with Crippen LogP contribution in [0.5, 0.6) is 0 Å². The molecule has 0 radical (unpaired) electrons. The van der Waals surface area contributed by atoms with Gasteiger partial charge in [-0.15, -0.1) is 0 Å². The molecule has 1 aromatic rings. The first kappa shape index (κ1) is 14.2. The molecule has 0 bridgehead atoms. The number of hydrogen-bond acceptors (Lipinski definition) is 4. The number of ether oxygens (including phenoxy) is 1. The number of imidazole rings is 1. The van der Waals surface area contributed by atoms with Crippen molar-refractivity contribution in [3.63, 3.8) is 0 Å². The highest BCUT2D eigenvalue weighted by molar-refractivity contribution is 5.81.